The summed E-state index contributed by atoms with van der Waals surface area (Å²) in [6.07, 6.45) is 0. The SMILES string of the molecule is CC(C)(C)c1ccc(C2(C)NC(=O)N(CC(=O)Nc3cc(Cl)ccc3C#N)C2=O)cc1. The van der Waals surface area contributed by atoms with Crippen LogP contribution < -0.4 is 10.6 Å². The second-order valence-corrected chi connectivity index (χ2v) is 9.06. The molecule has 0 radical (unpaired) electrons. The molecule has 1 fully saturated rings. The van der Waals surface area contributed by atoms with Gasteiger partial charge in [0.15, 0.2) is 0 Å². The van der Waals surface area contributed by atoms with Crippen LogP contribution in [0.1, 0.15) is 44.4 Å². The minimum Gasteiger partial charge on any atom is -0.323 e. The first-order valence-electron chi connectivity index (χ1n) is 9.70. The summed E-state index contributed by atoms with van der Waals surface area (Å²) in [7, 11) is 0. The van der Waals surface area contributed by atoms with Gasteiger partial charge in [0, 0.05) is 5.02 Å². The van der Waals surface area contributed by atoms with Crippen molar-refractivity contribution in [3.63, 3.8) is 0 Å². The number of rotatable bonds is 4. The van der Waals surface area contributed by atoms with Crippen LogP contribution in [0.5, 0.6) is 0 Å². The molecular formula is C23H23ClN4O3. The first kappa shape index (κ1) is 22.3. The molecule has 160 valence electrons. The lowest BCUT2D eigenvalue weighted by atomic mass is 9.84. The molecule has 0 spiro atoms. The number of amides is 4. The lowest BCUT2D eigenvalue weighted by Crippen LogP contribution is -2.42. The van der Waals surface area contributed by atoms with E-state index < -0.39 is 29.9 Å². The monoisotopic (exact) mass is 438 g/mol. The number of hydrogen-bond donors (Lipinski definition) is 2. The van der Waals surface area contributed by atoms with E-state index in [-0.39, 0.29) is 16.7 Å². The van der Waals surface area contributed by atoms with Crippen molar-refractivity contribution in [2.75, 3.05) is 11.9 Å². The molecule has 1 aliphatic heterocycles. The predicted molar refractivity (Wildman–Crippen MR) is 118 cm³/mol. The Bertz CT molecular complexity index is 1100. The third kappa shape index (κ3) is 4.39. The largest absolute Gasteiger partial charge is 0.325 e. The summed E-state index contributed by atoms with van der Waals surface area (Å²) >= 11 is 5.93. The summed E-state index contributed by atoms with van der Waals surface area (Å²) in [5, 5.41) is 14.8. The van der Waals surface area contributed by atoms with Crippen molar-refractivity contribution in [1.29, 1.82) is 5.26 Å². The van der Waals surface area contributed by atoms with Crippen molar-refractivity contribution in [2.24, 2.45) is 0 Å². The summed E-state index contributed by atoms with van der Waals surface area (Å²) in [6, 6.07) is 13.2. The van der Waals surface area contributed by atoms with E-state index in [2.05, 4.69) is 31.4 Å². The Balaban J connectivity index is 1.78. The highest BCUT2D eigenvalue weighted by molar-refractivity contribution is 6.31. The van der Waals surface area contributed by atoms with Gasteiger partial charge in [-0.3, -0.25) is 14.5 Å². The number of halogens is 1. The summed E-state index contributed by atoms with van der Waals surface area (Å²) in [4.78, 5) is 38.9. The van der Waals surface area contributed by atoms with Gasteiger partial charge in [-0.2, -0.15) is 5.26 Å². The fourth-order valence-electron chi connectivity index (χ4n) is 3.39. The van der Waals surface area contributed by atoms with E-state index in [1.807, 2.05) is 30.3 Å². The Morgan fingerprint density at radius 3 is 2.42 bits per heavy atom. The molecule has 1 heterocycles. The lowest BCUT2D eigenvalue weighted by molar-refractivity contribution is -0.133. The lowest BCUT2D eigenvalue weighted by Gasteiger charge is -2.24. The highest BCUT2D eigenvalue weighted by Gasteiger charge is 2.49. The standard InChI is InChI=1S/C23H23ClN4O3/c1-22(2,3)15-6-8-16(9-7-15)23(4)20(30)28(21(31)27-23)13-19(29)26-18-11-17(24)10-5-14(18)12-25/h5-11H,13H2,1-4H3,(H,26,29)(H,27,31). The number of carbonyl (C=O) groups is 3. The number of nitrogens with one attached hydrogen (secondary N) is 2. The first-order chi connectivity index (χ1) is 14.5. The average Bonchev–Trinajstić information content (AvgIpc) is 2.91. The Kier molecular flexibility index (Phi) is 5.79. The van der Waals surface area contributed by atoms with Crippen molar-refractivity contribution >= 4 is 35.1 Å². The molecule has 3 rings (SSSR count). The van der Waals surface area contributed by atoms with E-state index in [0.717, 1.165) is 10.5 Å². The smallest absolute Gasteiger partial charge is 0.323 e. The fraction of sp³-hybridized carbons (Fsp3) is 0.304. The second-order valence-electron chi connectivity index (χ2n) is 8.62. The highest BCUT2D eigenvalue weighted by Crippen LogP contribution is 2.31. The molecule has 1 unspecified atom stereocenters. The third-order valence-corrected chi connectivity index (χ3v) is 5.52. The molecule has 2 N–H and O–H groups in total. The molecular weight excluding hydrogens is 416 g/mol. The molecule has 0 saturated carbocycles. The maximum Gasteiger partial charge on any atom is 0.325 e. The van der Waals surface area contributed by atoms with Crippen molar-refractivity contribution in [1.82, 2.24) is 10.2 Å². The number of hydrogen-bond acceptors (Lipinski definition) is 4. The predicted octanol–water partition coefficient (Wildman–Crippen LogP) is 3.91. The van der Waals surface area contributed by atoms with E-state index in [4.69, 9.17) is 11.6 Å². The maximum absolute atomic E-state index is 13.1. The Hall–Kier alpha value is -3.37. The first-order valence-corrected chi connectivity index (χ1v) is 10.1. The van der Waals surface area contributed by atoms with Gasteiger partial charge in [-0.15, -0.1) is 0 Å². The normalized spacial score (nSPS) is 18.5. The summed E-state index contributed by atoms with van der Waals surface area (Å²) in [6.45, 7) is 7.39. The van der Waals surface area contributed by atoms with E-state index in [9.17, 15) is 19.6 Å². The van der Waals surface area contributed by atoms with Crippen molar-refractivity contribution in [2.45, 2.75) is 38.6 Å². The molecule has 31 heavy (non-hydrogen) atoms. The van der Waals surface area contributed by atoms with Gasteiger partial charge in [0.05, 0.1) is 11.3 Å². The summed E-state index contributed by atoms with van der Waals surface area (Å²) in [5.41, 5.74) is 0.842. The molecule has 8 heteroatoms. The van der Waals surface area contributed by atoms with Crippen LogP contribution in [0.15, 0.2) is 42.5 Å². The zero-order valence-electron chi connectivity index (χ0n) is 17.7. The minimum absolute atomic E-state index is 0.0465. The third-order valence-electron chi connectivity index (χ3n) is 5.28. The maximum atomic E-state index is 13.1. The van der Waals surface area contributed by atoms with Gasteiger partial charge in [0.1, 0.15) is 18.2 Å². The van der Waals surface area contributed by atoms with Crippen molar-refractivity contribution in [3.05, 3.63) is 64.2 Å². The van der Waals surface area contributed by atoms with Crippen LogP contribution in [0, 0.1) is 11.3 Å². The molecule has 0 aliphatic carbocycles. The molecule has 1 atom stereocenters. The molecule has 2 aromatic rings. The molecule has 2 aromatic carbocycles. The number of nitriles is 1. The molecule has 0 bridgehead atoms. The van der Waals surface area contributed by atoms with Crippen LogP contribution in [0.2, 0.25) is 5.02 Å². The zero-order valence-corrected chi connectivity index (χ0v) is 18.5. The molecule has 1 saturated heterocycles. The van der Waals surface area contributed by atoms with Crippen LogP contribution in [0.25, 0.3) is 0 Å². The van der Waals surface area contributed by atoms with E-state index >= 15 is 0 Å². The van der Waals surface area contributed by atoms with Crippen LogP contribution in [0.4, 0.5) is 10.5 Å². The van der Waals surface area contributed by atoms with Gasteiger partial charge in [-0.05, 0) is 41.7 Å². The Morgan fingerprint density at radius 1 is 1.19 bits per heavy atom. The minimum atomic E-state index is -1.28. The summed E-state index contributed by atoms with van der Waals surface area (Å²) in [5.74, 6) is -1.14. The van der Waals surface area contributed by atoms with E-state index in [0.29, 0.717) is 10.6 Å². The van der Waals surface area contributed by atoms with E-state index in [1.165, 1.54) is 18.2 Å². The Labute approximate surface area is 186 Å². The van der Waals surface area contributed by atoms with Crippen LogP contribution in [-0.2, 0) is 20.5 Å². The quantitative estimate of drug-likeness (QED) is 0.706. The van der Waals surface area contributed by atoms with Gasteiger partial charge in [0.25, 0.3) is 5.91 Å². The molecule has 7 nitrogen and oxygen atoms in total. The zero-order chi connectivity index (χ0) is 23.0. The van der Waals surface area contributed by atoms with Crippen LogP contribution in [0.3, 0.4) is 0 Å². The summed E-state index contributed by atoms with van der Waals surface area (Å²) < 4.78 is 0. The number of imide groups is 1. The number of anilines is 1. The van der Waals surface area contributed by atoms with Gasteiger partial charge in [-0.25, -0.2) is 4.79 Å². The fourth-order valence-corrected chi connectivity index (χ4v) is 3.56. The number of carbonyl (C=O) groups excluding carboxylic acids is 3. The van der Waals surface area contributed by atoms with Gasteiger partial charge >= 0.3 is 6.03 Å². The Morgan fingerprint density at radius 2 is 1.84 bits per heavy atom. The van der Waals surface area contributed by atoms with Gasteiger partial charge in [0.2, 0.25) is 5.91 Å². The van der Waals surface area contributed by atoms with Gasteiger partial charge < -0.3 is 10.6 Å². The van der Waals surface area contributed by atoms with Gasteiger partial charge in [-0.1, -0.05) is 56.6 Å². The molecule has 4 amide bonds. The number of urea groups is 1. The van der Waals surface area contributed by atoms with Crippen LogP contribution in [-0.4, -0.2) is 29.3 Å². The topological polar surface area (TPSA) is 102 Å². The average molecular weight is 439 g/mol. The van der Waals surface area contributed by atoms with Crippen molar-refractivity contribution < 1.29 is 14.4 Å². The number of nitrogens with zero attached hydrogens (tertiary/aromatic N) is 2. The highest BCUT2D eigenvalue weighted by atomic mass is 35.5. The van der Waals surface area contributed by atoms with E-state index in [1.54, 1.807) is 6.92 Å². The molecule has 0 aromatic heterocycles. The molecule has 1 aliphatic rings. The number of benzene rings is 2. The van der Waals surface area contributed by atoms with Crippen LogP contribution >= 0.6 is 11.6 Å². The second kappa shape index (κ2) is 8.05. The van der Waals surface area contributed by atoms with Crippen molar-refractivity contribution in [3.8, 4) is 6.07 Å².